The number of halogens is 2. The van der Waals surface area contributed by atoms with E-state index in [4.69, 9.17) is 15.4 Å². The molecular formula is C12H15ClFNO4S. The Hall–Kier alpha value is -1.34. The number of hydrogen-bond donors (Lipinski definition) is 1. The Morgan fingerprint density at radius 3 is 2.50 bits per heavy atom. The average Bonchev–Trinajstić information content (AvgIpc) is 2.23. The first-order valence-electron chi connectivity index (χ1n) is 5.67. The maximum atomic E-state index is 13.0. The Morgan fingerprint density at radius 1 is 1.40 bits per heavy atom. The van der Waals surface area contributed by atoms with E-state index in [1.807, 2.05) is 0 Å². The van der Waals surface area contributed by atoms with Crippen molar-refractivity contribution in [3.8, 4) is 5.75 Å². The van der Waals surface area contributed by atoms with E-state index >= 15 is 0 Å². The molecular weight excluding hydrogens is 309 g/mol. The minimum atomic E-state index is -4.16. The van der Waals surface area contributed by atoms with Gasteiger partial charge in [0.2, 0.25) is 0 Å². The number of nitrogens with one attached hydrogen (secondary N) is 1. The Labute approximate surface area is 121 Å². The topological polar surface area (TPSA) is 72.5 Å². The summed E-state index contributed by atoms with van der Waals surface area (Å²) in [4.78, 5) is 11.1. The summed E-state index contributed by atoms with van der Waals surface area (Å²) in [7, 11) is 1.02. The third-order valence-electron chi connectivity index (χ3n) is 2.04. The summed E-state index contributed by atoms with van der Waals surface area (Å²) in [6, 6.07) is 2.86. The lowest BCUT2D eigenvalue weighted by molar-refractivity contribution is -0.124. The van der Waals surface area contributed by atoms with Crippen LogP contribution in [0.1, 0.15) is 20.8 Å². The average molecular weight is 324 g/mol. The Bertz CT molecular complexity index is 610. The van der Waals surface area contributed by atoms with Crippen LogP contribution in [0.15, 0.2) is 23.1 Å². The molecule has 0 bridgehead atoms. The molecule has 1 aromatic carbocycles. The summed E-state index contributed by atoms with van der Waals surface area (Å²) in [6.45, 7) is 4.97. The van der Waals surface area contributed by atoms with Crippen LogP contribution in [0.3, 0.4) is 0 Å². The van der Waals surface area contributed by atoms with Crippen LogP contribution in [-0.2, 0) is 13.8 Å². The number of ether oxygens (including phenoxy) is 1. The minimum absolute atomic E-state index is 0.176. The van der Waals surface area contributed by atoms with Crippen LogP contribution in [0, 0.1) is 5.82 Å². The molecule has 1 amide bonds. The highest BCUT2D eigenvalue weighted by atomic mass is 35.7. The van der Waals surface area contributed by atoms with Crippen molar-refractivity contribution in [2.24, 2.45) is 0 Å². The first kappa shape index (κ1) is 16.7. The summed E-state index contributed by atoms with van der Waals surface area (Å²) in [5.41, 5.74) is -0.440. The van der Waals surface area contributed by atoms with E-state index in [-0.39, 0.29) is 5.75 Å². The van der Waals surface area contributed by atoms with Gasteiger partial charge in [0.05, 0.1) is 0 Å². The molecule has 0 aromatic heterocycles. The van der Waals surface area contributed by atoms with Gasteiger partial charge in [0, 0.05) is 16.2 Å². The fraction of sp³-hybridized carbons (Fsp3) is 0.417. The fourth-order valence-electron chi connectivity index (χ4n) is 1.39. The first-order valence-corrected chi connectivity index (χ1v) is 7.98. The highest BCUT2D eigenvalue weighted by Crippen LogP contribution is 2.27. The fourth-order valence-corrected chi connectivity index (χ4v) is 2.37. The molecule has 0 unspecified atom stereocenters. The molecule has 1 aromatic rings. The van der Waals surface area contributed by atoms with E-state index in [9.17, 15) is 17.6 Å². The molecule has 1 rings (SSSR count). The molecule has 112 valence electrons. The predicted molar refractivity (Wildman–Crippen MR) is 72.8 cm³/mol. The van der Waals surface area contributed by atoms with Crippen LogP contribution in [0.25, 0.3) is 0 Å². The quantitative estimate of drug-likeness (QED) is 0.861. The molecule has 0 saturated carbocycles. The molecule has 0 radical (unpaired) electrons. The number of rotatable bonds is 4. The smallest absolute Gasteiger partial charge is 0.265 e. The number of carbonyl (C=O) groups excluding carboxylic acids is 1. The number of benzene rings is 1. The van der Waals surface area contributed by atoms with Crippen molar-refractivity contribution in [2.75, 3.05) is 6.61 Å². The molecule has 0 saturated heterocycles. The second-order valence-electron chi connectivity index (χ2n) is 5.12. The Balaban J connectivity index is 2.87. The number of carbonyl (C=O) groups is 1. The SMILES string of the molecule is CC(C)(C)NC(=O)COc1ccc(F)cc1S(=O)(=O)Cl. The van der Waals surface area contributed by atoms with Gasteiger partial charge in [-0.05, 0) is 39.0 Å². The molecule has 0 spiro atoms. The third kappa shape index (κ3) is 5.34. The van der Waals surface area contributed by atoms with Crippen molar-refractivity contribution in [3.05, 3.63) is 24.0 Å². The largest absolute Gasteiger partial charge is 0.482 e. The zero-order chi connectivity index (χ0) is 15.6. The molecule has 5 nitrogen and oxygen atoms in total. The lowest BCUT2D eigenvalue weighted by Gasteiger charge is -2.20. The van der Waals surface area contributed by atoms with Crippen LogP contribution in [0.2, 0.25) is 0 Å². The van der Waals surface area contributed by atoms with E-state index < -0.39 is 37.8 Å². The first-order chi connectivity index (χ1) is 8.99. The molecule has 0 fully saturated rings. The van der Waals surface area contributed by atoms with Crippen molar-refractivity contribution in [1.82, 2.24) is 5.32 Å². The highest BCUT2D eigenvalue weighted by Gasteiger charge is 2.20. The van der Waals surface area contributed by atoms with Crippen molar-refractivity contribution in [3.63, 3.8) is 0 Å². The van der Waals surface area contributed by atoms with Gasteiger partial charge in [0.25, 0.3) is 15.0 Å². The standard InChI is InChI=1S/C12H15ClFNO4S/c1-12(2,3)15-11(16)7-19-9-5-4-8(14)6-10(9)20(13,17)18/h4-6H,7H2,1-3H3,(H,15,16). The van der Waals surface area contributed by atoms with Crippen molar-refractivity contribution in [2.45, 2.75) is 31.2 Å². The number of hydrogen-bond acceptors (Lipinski definition) is 4. The number of amides is 1. The van der Waals surface area contributed by atoms with Crippen molar-refractivity contribution >= 4 is 25.6 Å². The molecule has 0 aliphatic rings. The van der Waals surface area contributed by atoms with Crippen LogP contribution in [0.4, 0.5) is 4.39 Å². The van der Waals surface area contributed by atoms with Crippen molar-refractivity contribution in [1.29, 1.82) is 0 Å². The Morgan fingerprint density at radius 2 is 2.00 bits per heavy atom. The Kier molecular flexibility index (Phi) is 4.99. The van der Waals surface area contributed by atoms with E-state index in [0.29, 0.717) is 0 Å². The van der Waals surface area contributed by atoms with E-state index in [2.05, 4.69) is 5.32 Å². The van der Waals surface area contributed by atoms with E-state index in [1.165, 1.54) is 0 Å². The summed E-state index contributed by atoms with van der Waals surface area (Å²) in [5, 5.41) is 2.64. The molecule has 0 atom stereocenters. The zero-order valence-electron chi connectivity index (χ0n) is 11.2. The molecule has 0 aliphatic carbocycles. The van der Waals surface area contributed by atoms with Gasteiger partial charge >= 0.3 is 0 Å². The monoisotopic (exact) mass is 323 g/mol. The maximum Gasteiger partial charge on any atom is 0.265 e. The minimum Gasteiger partial charge on any atom is -0.482 e. The van der Waals surface area contributed by atoms with Gasteiger partial charge in [0.15, 0.2) is 6.61 Å². The molecule has 20 heavy (non-hydrogen) atoms. The van der Waals surface area contributed by atoms with Crippen molar-refractivity contribution < 1.29 is 22.3 Å². The lowest BCUT2D eigenvalue weighted by atomic mass is 10.1. The van der Waals surface area contributed by atoms with Crippen LogP contribution < -0.4 is 10.1 Å². The zero-order valence-corrected chi connectivity index (χ0v) is 12.8. The highest BCUT2D eigenvalue weighted by molar-refractivity contribution is 8.13. The third-order valence-corrected chi connectivity index (χ3v) is 3.38. The summed E-state index contributed by atoms with van der Waals surface area (Å²) in [5.74, 6) is -1.37. The molecule has 0 heterocycles. The predicted octanol–water partition coefficient (Wildman–Crippen LogP) is 2.05. The molecule has 0 aliphatic heterocycles. The second kappa shape index (κ2) is 5.97. The second-order valence-corrected chi connectivity index (χ2v) is 7.65. The van der Waals surface area contributed by atoms with Gasteiger partial charge in [-0.15, -0.1) is 0 Å². The van der Waals surface area contributed by atoms with Gasteiger partial charge in [-0.25, -0.2) is 12.8 Å². The van der Waals surface area contributed by atoms with Crippen LogP contribution in [-0.4, -0.2) is 26.5 Å². The lowest BCUT2D eigenvalue weighted by Crippen LogP contribution is -2.43. The molecule has 1 N–H and O–H groups in total. The summed E-state index contributed by atoms with van der Waals surface area (Å²) in [6.07, 6.45) is 0. The van der Waals surface area contributed by atoms with Crippen LogP contribution in [0.5, 0.6) is 5.75 Å². The van der Waals surface area contributed by atoms with Crippen LogP contribution >= 0.6 is 10.7 Å². The van der Waals surface area contributed by atoms with Gasteiger partial charge in [0.1, 0.15) is 16.5 Å². The normalized spacial score (nSPS) is 12.1. The molecule has 8 heteroatoms. The van der Waals surface area contributed by atoms with E-state index in [0.717, 1.165) is 18.2 Å². The summed E-state index contributed by atoms with van der Waals surface area (Å²) >= 11 is 0. The van der Waals surface area contributed by atoms with Gasteiger partial charge in [-0.3, -0.25) is 4.79 Å². The maximum absolute atomic E-state index is 13.0. The summed E-state index contributed by atoms with van der Waals surface area (Å²) < 4.78 is 40.7. The van der Waals surface area contributed by atoms with E-state index in [1.54, 1.807) is 20.8 Å². The van der Waals surface area contributed by atoms with Gasteiger partial charge < -0.3 is 10.1 Å². The van der Waals surface area contributed by atoms with Gasteiger partial charge in [-0.2, -0.15) is 0 Å². The van der Waals surface area contributed by atoms with Gasteiger partial charge in [-0.1, -0.05) is 0 Å².